The Hall–Kier alpha value is -2.47. The molecule has 142 valence electrons. The van der Waals surface area contributed by atoms with Crippen LogP contribution >= 0.6 is 0 Å². The SMILES string of the molecule is COc1cccc(CN2C[C@@H]3CN(C(C)=O)[C@@H](c4cccc(F)c4)[C@@H]3C2)n1. The van der Waals surface area contributed by atoms with Gasteiger partial charge in [0.15, 0.2) is 0 Å². The van der Waals surface area contributed by atoms with E-state index in [0.717, 1.165) is 37.4 Å². The second kappa shape index (κ2) is 7.27. The van der Waals surface area contributed by atoms with Crippen molar-refractivity contribution < 1.29 is 13.9 Å². The predicted octanol–water partition coefficient (Wildman–Crippen LogP) is 2.88. The average molecular weight is 369 g/mol. The maximum atomic E-state index is 13.8. The van der Waals surface area contributed by atoms with Gasteiger partial charge in [0.1, 0.15) is 5.82 Å². The van der Waals surface area contributed by atoms with Crippen molar-refractivity contribution in [1.82, 2.24) is 14.8 Å². The van der Waals surface area contributed by atoms with Gasteiger partial charge in [0.2, 0.25) is 11.8 Å². The number of halogens is 1. The summed E-state index contributed by atoms with van der Waals surface area (Å²) < 4.78 is 19.0. The first-order chi connectivity index (χ1) is 13.0. The number of nitrogens with zero attached hydrogens (tertiary/aromatic N) is 3. The van der Waals surface area contributed by atoms with Crippen LogP contribution in [-0.4, -0.2) is 47.4 Å². The zero-order chi connectivity index (χ0) is 19.0. The number of rotatable bonds is 4. The van der Waals surface area contributed by atoms with Crippen LogP contribution in [0.4, 0.5) is 4.39 Å². The highest BCUT2D eigenvalue weighted by Gasteiger charge is 2.48. The molecule has 2 aliphatic heterocycles. The maximum Gasteiger partial charge on any atom is 0.219 e. The van der Waals surface area contributed by atoms with Gasteiger partial charge in [-0.15, -0.1) is 0 Å². The highest BCUT2D eigenvalue weighted by atomic mass is 19.1. The fraction of sp³-hybridized carbons (Fsp3) is 0.429. The zero-order valence-electron chi connectivity index (χ0n) is 15.6. The van der Waals surface area contributed by atoms with Crippen molar-refractivity contribution in [2.45, 2.75) is 19.5 Å². The molecule has 0 bridgehead atoms. The summed E-state index contributed by atoms with van der Waals surface area (Å²) in [5, 5.41) is 0. The molecule has 0 unspecified atom stereocenters. The summed E-state index contributed by atoms with van der Waals surface area (Å²) in [5.41, 5.74) is 1.86. The number of likely N-dealkylation sites (tertiary alicyclic amines) is 2. The Kier molecular flexibility index (Phi) is 4.83. The third-order valence-corrected chi connectivity index (χ3v) is 5.71. The number of methoxy groups -OCH3 is 1. The van der Waals surface area contributed by atoms with Crippen molar-refractivity contribution in [2.75, 3.05) is 26.7 Å². The van der Waals surface area contributed by atoms with Crippen LogP contribution in [0.2, 0.25) is 0 Å². The molecule has 2 fully saturated rings. The van der Waals surface area contributed by atoms with Crippen LogP contribution in [0.5, 0.6) is 5.88 Å². The van der Waals surface area contributed by atoms with E-state index in [1.165, 1.54) is 6.07 Å². The average Bonchev–Trinajstić information content (AvgIpc) is 3.19. The van der Waals surface area contributed by atoms with Crippen LogP contribution < -0.4 is 4.74 Å². The second-order valence-electron chi connectivity index (χ2n) is 7.46. The number of benzene rings is 1. The molecule has 27 heavy (non-hydrogen) atoms. The Morgan fingerprint density at radius 1 is 1.22 bits per heavy atom. The molecule has 2 aromatic rings. The fourth-order valence-electron chi connectivity index (χ4n) is 4.60. The molecular formula is C21H24FN3O2. The number of carbonyl (C=O) groups excluding carboxylic acids is 1. The van der Waals surface area contributed by atoms with Gasteiger partial charge in [-0.2, -0.15) is 0 Å². The molecule has 1 aromatic carbocycles. The minimum atomic E-state index is -0.255. The van der Waals surface area contributed by atoms with Crippen molar-refractivity contribution in [3.05, 3.63) is 59.5 Å². The molecule has 1 amide bonds. The number of amides is 1. The largest absolute Gasteiger partial charge is 0.481 e. The van der Waals surface area contributed by atoms with Gasteiger partial charge in [-0.1, -0.05) is 18.2 Å². The molecule has 3 atom stereocenters. The standard InChI is InChI=1S/C21H24FN3O2/c1-14(26)25-11-16-10-24(12-18-7-4-8-20(23-18)27-2)13-19(16)21(25)15-5-3-6-17(22)9-15/h3-9,16,19,21H,10-13H2,1-2H3/t16-,19-,21+/m1/s1. The van der Waals surface area contributed by atoms with E-state index in [1.54, 1.807) is 26.2 Å². The van der Waals surface area contributed by atoms with E-state index in [2.05, 4.69) is 9.88 Å². The predicted molar refractivity (Wildman–Crippen MR) is 99.6 cm³/mol. The number of ether oxygens (including phenoxy) is 1. The zero-order valence-corrected chi connectivity index (χ0v) is 15.6. The molecule has 0 saturated carbocycles. The highest BCUT2D eigenvalue weighted by Crippen LogP contribution is 2.45. The van der Waals surface area contributed by atoms with Crippen LogP contribution in [0, 0.1) is 17.7 Å². The van der Waals surface area contributed by atoms with Crippen LogP contribution in [0.15, 0.2) is 42.5 Å². The summed E-state index contributed by atoms with van der Waals surface area (Å²) in [6.07, 6.45) is 0. The summed E-state index contributed by atoms with van der Waals surface area (Å²) in [7, 11) is 1.62. The summed E-state index contributed by atoms with van der Waals surface area (Å²) in [6, 6.07) is 12.4. The molecule has 2 aliphatic rings. The first-order valence-corrected chi connectivity index (χ1v) is 9.30. The number of pyridine rings is 1. The number of hydrogen-bond donors (Lipinski definition) is 0. The minimum absolute atomic E-state index is 0.0553. The molecule has 2 saturated heterocycles. The van der Waals surface area contributed by atoms with Gasteiger partial charge in [-0.05, 0) is 29.7 Å². The summed E-state index contributed by atoms with van der Waals surface area (Å²) in [4.78, 5) is 21.0. The van der Waals surface area contributed by atoms with Crippen LogP contribution in [-0.2, 0) is 11.3 Å². The van der Waals surface area contributed by atoms with Crippen LogP contribution in [0.1, 0.15) is 24.2 Å². The summed E-state index contributed by atoms with van der Waals surface area (Å²) >= 11 is 0. The van der Waals surface area contributed by atoms with Gasteiger partial charge in [0.25, 0.3) is 0 Å². The minimum Gasteiger partial charge on any atom is -0.481 e. The monoisotopic (exact) mass is 369 g/mol. The van der Waals surface area contributed by atoms with Crippen LogP contribution in [0.3, 0.4) is 0 Å². The first kappa shape index (κ1) is 17.9. The number of carbonyl (C=O) groups is 1. The Morgan fingerprint density at radius 2 is 2.04 bits per heavy atom. The molecule has 5 nitrogen and oxygen atoms in total. The number of fused-ring (bicyclic) bond motifs is 1. The van der Waals surface area contributed by atoms with E-state index in [1.807, 2.05) is 29.2 Å². The normalized spacial score (nSPS) is 24.9. The lowest BCUT2D eigenvalue weighted by Crippen LogP contribution is -2.34. The van der Waals surface area contributed by atoms with Gasteiger partial charge in [0.05, 0.1) is 18.8 Å². The third-order valence-electron chi connectivity index (χ3n) is 5.71. The van der Waals surface area contributed by atoms with Gasteiger partial charge < -0.3 is 9.64 Å². The van der Waals surface area contributed by atoms with E-state index in [9.17, 15) is 9.18 Å². The quantitative estimate of drug-likeness (QED) is 0.831. The third kappa shape index (κ3) is 3.54. The van der Waals surface area contributed by atoms with E-state index in [0.29, 0.717) is 17.7 Å². The van der Waals surface area contributed by atoms with E-state index >= 15 is 0 Å². The van der Waals surface area contributed by atoms with Crippen molar-refractivity contribution in [2.24, 2.45) is 11.8 Å². The Bertz CT molecular complexity index is 844. The van der Waals surface area contributed by atoms with Crippen molar-refractivity contribution in [1.29, 1.82) is 0 Å². The molecule has 0 radical (unpaired) electrons. The molecular weight excluding hydrogens is 345 g/mol. The molecule has 6 heteroatoms. The Balaban J connectivity index is 1.54. The molecule has 4 rings (SSSR count). The van der Waals surface area contributed by atoms with Crippen molar-refractivity contribution >= 4 is 5.91 Å². The molecule has 1 aromatic heterocycles. The number of aromatic nitrogens is 1. The van der Waals surface area contributed by atoms with Crippen molar-refractivity contribution in [3.8, 4) is 5.88 Å². The highest BCUT2D eigenvalue weighted by molar-refractivity contribution is 5.74. The molecule has 0 spiro atoms. The van der Waals surface area contributed by atoms with E-state index in [4.69, 9.17) is 4.74 Å². The summed E-state index contributed by atoms with van der Waals surface area (Å²) in [5.74, 6) is 1.12. The number of hydrogen-bond acceptors (Lipinski definition) is 4. The smallest absolute Gasteiger partial charge is 0.219 e. The van der Waals surface area contributed by atoms with Gasteiger partial charge in [-0.3, -0.25) is 9.69 Å². The van der Waals surface area contributed by atoms with Gasteiger partial charge in [0, 0.05) is 45.1 Å². The van der Waals surface area contributed by atoms with Gasteiger partial charge in [-0.25, -0.2) is 9.37 Å². The summed E-state index contributed by atoms with van der Waals surface area (Å²) in [6.45, 7) is 4.86. The molecule has 3 heterocycles. The first-order valence-electron chi connectivity index (χ1n) is 9.30. The molecule has 0 aliphatic carbocycles. The second-order valence-corrected chi connectivity index (χ2v) is 7.46. The van der Waals surface area contributed by atoms with Crippen LogP contribution in [0.25, 0.3) is 0 Å². The van der Waals surface area contributed by atoms with Crippen molar-refractivity contribution in [3.63, 3.8) is 0 Å². The Morgan fingerprint density at radius 3 is 2.78 bits per heavy atom. The lowest BCUT2D eigenvalue weighted by atomic mass is 9.89. The topological polar surface area (TPSA) is 45.7 Å². The fourth-order valence-corrected chi connectivity index (χ4v) is 4.60. The molecule has 0 N–H and O–H groups in total. The Labute approximate surface area is 158 Å². The lowest BCUT2D eigenvalue weighted by molar-refractivity contribution is -0.130. The van der Waals surface area contributed by atoms with E-state index < -0.39 is 0 Å². The van der Waals surface area contributed by atoms with Gasteiger partial charge >= 0.3 is 0 Å². The lowest BCUT2D eigenvalue weighted by Gasteiger charge is -2.29. The maximum absolute atomic E-state index is 13.8. The van der Waals surface area contributed by atoms with E-state index in [-0.39, 0.29) is 17.8 Å².